The lowest BCUT2D eigenvalue weighted by Gasteiger charge is -2.03. The van der Waals surface area contributed by atoms with E-state index in [0.29, 0.717) is 5.92 Å². The van der Waals surface area contributed by atoms with E-state index >= 15 is 0 Å². The van der Waals surface area contributed by atoms with Crippen LogP contribution in [0.25, 0.3) is 0 Å². The highest BCUT2D eigenvalue weighted by Crippen LogP contribution is 2.18. The molecule has 0 atom stereocenters. The van der Waals surface area contributed by atoms with Gasteiger partial charge >= 0.3 is 0 Å². The van der Waals surface area contributed by atoms with Gasteiger partial charge < -0.3 is 4.98 Å². The van der Waals surface area contributed by atoms with E-state index in [0.717, 1.165) is 11.4 Å². The zero-order chi connectivity index (χ0) is 8.27. The van der Waals surface area contributed by atoms with E-state index in [4.69, 9.17) is 0 Å². The van der Waals surface area contributed by atoms with Crippen molar-refractivity contribution in [3.63, 3.8) is 0 Å². The molecule has 0 bridgehead atoms. The van der Waals surface area contributed by atoms with Crippen molar-refractivity contribution in [3.05, 3.63) is 24.0 Å². The van der Waals surface area contributed by atoms with Crippen LogP contribution < -0.4 is 0 Å². The lowest BCUT2D eigenvalue weighted by molar-refractivity contribution is 0.820. The molecule has 0 saturated carbocycles. The van der Waals surface area contributed by atoms with Crippen molar-refractivity contribution in [3.8, 4) is 0 Å². The molecule has 1 aromatic heterocycles. The van der Waals surface area contributed by atoms with Crippen LogP contribution in [0.2, 0.25) is 0 Å². The molecular formula is C8H13N2S. The predicted octanol–water partition coefficient (Wildman–Crippen LogP) is 2.56. The van der Waals surface area contributed by atoms with Gasteiger partial charge in [0.2, 0.25) is 0 Å². The molecule has 11 heavy (non-hydrogen) atoms. The van der Waals surface area contributed by atoms with Crippen LogP contribution in [0.1, 0.15) is 31.2 Å². The maximum Gasteiger partial charge on any atom is 0.0925 e. The molecule has 0 aliphatic heterocycles. The summed E-state index contributed by atoms with van der Waals surface area (Å²) in [6.07, 6.45) is 5.47. The van der Waals surface area contributed by atoms with Gasteiger partial charge in [0.05, 0.1) is 12.0 Å². The van der Waals surface area contributed by atoms with E-state index in [9.17, 15) is 0 Å². The van der Waals surface area contributed by atoms with Crippen molar-refractivity contribution in [2.75, 3.05) is 0 Å². The molecule has 1 radical (unpaired) electrons. The summed E-state index contributed by atoms with van der Waals surface area (Å²) in [6, 6.07) is 0. The van der Waals surface area contributed by atoms with E-state index in [-0.39, 0.29) is 0 Å². The number of thioether (sulfide) groups is 1. The fourth-order valence-corrected chi connectivity index (χ4v) is 1.47. The minimum atomic E-state index is 0.527. The Morgan fingerprint density at radius 3 is 3.00 bits per heavy atom. The topological polar surface area (TPSA) is 28.7 Å². The Morgan fingerprint density at radius 2 is 2.45 bits per heavy atom. The summed E-state index contributed by atoms with van der Waals surface area (Å²) >= 11 is 1.56. The Bertz CT molecular complexity index is 218. The number of imidazole rings is 1. The highest BCUT2D eigenvalue weighted by Gasteiger charge is 2.07. The van der Waals surface area contributed by atoms with Crippen molar-refractivity contribution in [2.45, 2.75) is 25.5 Å². The Kier molecular flexibility index (Phi) is 3.00. The molecule has 3 heteroatoms. The van der Waals surface area contributed by atoms with E-state index in [1.54, 1.807) is 18.1 Å². The van der Waals surface area contributed by atoms with Crippen molar-refractivity contribution in [1.29, 1.82) is 0 Å². The van der Waals surface area contributed by atoms with E-state index < -0.39 is 0 Å². The van der Waals surface area contributed by atoms with Crippen LogP contribution in [0.4, 0.5) is 0 Å². The van der Waals surface area contributed by atoms with Crippen LogP contribution in [0.3, 0.4) is 0 Å². The summed E-state index contributed by atoms with van der Waals surface area (Å²) in [4.78, 5) is 7.35. The van der Waals surface area contributed by atoms with E-state index in [2.05, 4.69) is 30.1 Å². The van der Waals surface area contributed by atoms with Crippen molar-refractivity contribution < 1.29 is 0 Å². The van der Waals surface area contributed by atoms with Gasteiger partial charge in [-0.05, 0) is 5.92 Å². The number of nitrogens with zero attached hydrogens (tertiary/aromatic N) is 1. The number of aromatic amines is 1. The third-order valence-corrected chi connectivity index (χ3v) is 2.05. The smallest absolute Gasteiger partial charge is 0.0925 e. The normalized spacial score (nSPS) is 10.9. The highest BCUT2D eigenvalue weighted by molar-refractivity contribution is 7.99. The third kappa shape index (κ3) is 1.99. The summed E-state index contributed by atoms with van der Waals surface area (Å²) in [6.45, 7) is 4.32. The van der Waals surface area contributed by atoms with E-state index in [1.807, 2.05) is 0 Å². The number of H-pyrrole nitrogens is 1. The monoisotopic (exact) mass is 169 g/mol. The van der Waals surface area contributed by atoms with Gasteiger partial charge in [-0.25, -0.2) is 4.98 Å². The molecule has 0 saturated heterocycles. The number of hydrogen-bond donors (Lipinski definition) is 1. The highest BCUT2D eigenvalue weighted by atomic mass is 32.2. The second-order valence-corrected chi connectivity index (χ2v) is 3.46. The summed E-state index contributed by atoms with van der Waals surface area (Å²) < 4.78 is 0. The van der Waals surface area contributed by atoms with Gasteiger partial charge in [-0.3, -0.25) is 0 Å². The van der Waals surface area contributed by atoms with Crippen LogP contribution >= 0.6 is 11.8 Å². The van der Waals surface area contributed by atoms with E-state index in [1.165, 1.54) is 5.69 Å². The molecule has 0 fully saturated rings. The minimum Gasteiger partial charge on any atom is -0.348 e. The first-order valence-corrected chi connectivity index (χ1v) is 4.80. The van der Waals surface area contributed by atoms with Crippen molar-refractivity contribution >= 4 is 11.8 Å². The molecule has 0 unspecified atom stereocenters. The first-order chi connectivity index (χ1) is 5.25. The summed E-state index contributed by atoms with van der Waals surface area (Å²) in [5, 5.41) is 0. The predicted molar refractivity (Wildman–Crippen MR) is 49.3 cm³/mol. The molecule has 0 spiro atoms. The molecular weight excluding hydrogens is 156 g/mol. The SMILES string of the molecule is [CH2]SCc1nc[nH]c1C(C)C. The summed E-state index contributed by atoms with van der Waals surface area (Å²) in [5.41, 5.74) is 2.38. The maximum absolute atomic E-state index is 4.21. The molecule has 0 aromatic carbocycles. The number of rotatable bonds is 3. The fourth-order valence-electron chi connectivity index (χ4n) is 1.04. The molecule has 1 N–H and O–H groups in total. The van der Waals surface area contributed by atoms with Gasteiger partial charge in [-0.2, -0.15) is 11.8 Å². The average Bonchev–Trinajstić information content (AvgIpc) is 2.36. The minimum absolute atomic E-state index is 0.527. The van der Waals surface area contributed by atoms with Gasteiger partial charge in [0.25, 0.3) is 0 Å². The Labute approximate surface area is 71.8 Å². The first-order valence-electron chi connectivity index (χ1n) is 3.64. The number of hydrogen-bond acceptors (Lipinski definition) is 2. The zero-order valence-electron chi connectivity index (χ0n) is 6.92. The van der Waals surface area contributed by atoms with Gasteiger partial charge in [0.1, 0.15) is 0 Å². The maximum atomic E-state index is 4.21. The largest absolute Gasteiger partial charge is 0.348 e. The fraction of sp³-hybridized carbons (Fsp3) is 0.500. The third-order valence-electron chi connectivity index (χ3n) is 1.57. The lowest BCUT2D eigenvalue weighted by atomic mass is 10.1. The molecule has 0 aliphatic rings. The van der Waals surface area contributed by atoms with Gasteiger partial charge in [0.15, 0.2) is 0 Å². The quantitative estimate of drug-likeness (QED) is 0.753. The molecule has 61 valence electrons. The van der Waals surface area contributed by atoms with Crippen LogP contribution in [0.5, 0.6) is 0 Å². The van der Waals surface area contributed by atoms with Gasteiger partial charge in [0, 0.05) is 17.7 Å². The van der Waals surface area contributed by atoms with Crippen LogP contribution in [0, 0.1) is 6.26 Å². The second kappa shape index (κ2) is 3.81. The Hall–Kier alpha value is -0.440. The van der Waals surface area contributed by atoms with Crippen LogP contribution in [-0.2, 0) is 5.75 Å². The number of aromatic nitrogens is 2. The van der Waals surface area contributed by atoms with Crippen molar-refractivity contribution in [2.24, 2.45) is 0 Å². The molecule has 0 amide bonds. The molecule has 2 nitrogen and oxygen atoms in total. The molecule has 1 heterocycles. The van der Waals surface area contributed by atoms with Crippen molar-refractivity contribution in [1.82, 2.24) is 9.97 Å². The molecule has 1 rings (SSSR count). The first kappa shape index (κ1) is 8.65. The van der Waals surface area contributed by atoms with Gasteiger partial charge in [-0.15, -0.1) is 0 Å². The van der Waals surface area contributed by atoms with Crippen LogP contribution in [0.15, 0.2) is 6.33 Å². The average molecular weight is 169 g/mol. The van der Waals surface area contributed by atoms with Crippen LogP contribution in [-0.4, -0.2) is 9.97 Å². The van der Waals surface area contributed by atoms with Gasteiger partial charge in [-0.1, -0.05) is 13.8 Å². The second-order valence-electron chi connectivity index (χ2n) is 2.77. The molecule has 1 aromatic rings. The summed E-state index contributed by atoms with van der Waals surface area (Å²) in [5.74, 6) is 1.43. The lowest BCUT2D eigenvalue weighted by Crippen LogP contribution is -1.93. The Morgan fingerprint density at radius 1 is 1.73 bits per heavy atom. The number of nitrogens with one attached hydrogen (secondary N) is 1. The molecule has 0 aliphatic carbocycles. The zero-order valence-corrected chi connectivity index (χ0v) is 7.74. The Balaban J connectivity index is 2.78. The standard InChI is InChI=1S/C8H13N2S/c1-6(2)8-7(4-11-3)9-5-10-8/h5-6H,3-4H2,1-2H3,(H,9,10). The summed E-state index contributed by atoms with van der Waals surface area (Å²) in [7, 11) is 0.